The van der Waals surface area contributed by atoms with E-state index in [1.54, 1.807) is 40.6 Å². The summed E-state index contributed by atoms with van der Waals surface area (Å²) in [5.74, 6) is 0. The Kier molecular flexibility index (Phi) is 74.2. The van der Waals surface area contributed by atoms with Crippen molar-refractivity contribution in [2.24, 2.45) is 20.2 Å². The van der Waals surface area contributed by atoms with Gasteiger partial charge in [-0.1, -0.05) is 12.2 Å². The first-order chi connectivity index (χ1) is 7.66. The van der Waals surface area contributed by atoms with Crippen LogP contribution in [0.15, 0.2) is 32.4 Å². The minimum absolute atomic E-state index is 1.64. The van der Waals surface area contributed by atoms with E-state index in [4.69, 9.17) is 0 Å². The molecule has 16 heavy (non-hydrogen) atoms. The molecule has 0 aromatic rings. The van der Waals surface area contributed by atoms with Crippen LogP contribution in [0, 0.1) is 0 Å². The zero-order chi connectivity index (χ0) is 13.7. The van der Waals surface area contributed by atoms with E-state index in [-0.39, 0.29) is 0 Å². The Morgan fingerprint density at radius 1 is 0.562 bits per heavy atom. The zero-order valence-corrected chi connectivity index (χ0v) is 12.1. The van der Waals surface area contributed by atoms with Crippen LogP contribution in [0.3, 0.4) is 0 Å². The molecule has 0 radical (unpaired) electrons. The molecule has 0 aromatic heterocycles. The van der Waals surface area contributed by atoms with Crippen LogP contribution < -0.4 is 0 Å². The van der Waals surface area contributed by atoms with E-state index in [9.17, 15) is 0 Å². The maximum atomic E-state index is 3.61. The van der Waals surface area contributed by atoms with Gasteiger partial charge in [-0.05, 0) is 40.1 Å². The number of azo groups is 1. The number of aliphatic imine (C=N–C) groups is 2. The predicted octanol–water partition coefficient (Wildman–Crippen LogP) is 3.69. The van der Waals surface area contributed by atoms with Gasteiger partial charge in [0.2, 0.25) is 0 Å². The average Bonchev–Trinajstić information content (AvgIpc) is 2.39. The second kappa shape index (κ2) is 49.3. The molecule has 4 heteroatoms. The summed E-state index contributed by atoms with van der Waals surface area (Å²) in [6.07, 6.45) is 7.50. The molecular formula is C12H28N4. The number of nitrogens with zero attached hydrogens (tertiary/aromatic N) is 4. The molecule has 0 aliphatic carbocycles. The Morgan fingerprint density at radius 3 is 0.750 bits per heavy atom. The predicted molar refractivity (Wildman–Crippen MR) is 77.4 cm³/mol. The van der Waals surface area contributed by atoms with Gasteiger partial charge in [-0.15, -0.1) is 0 Å². The molecular weight excluding hydrogens is 200 g/mol. The minimum Gasteiger partial charge on any atom is -0.301 e. The Balaban J connectivity index is -0.0000000600. The highest BCUT2D eigenvalue weighted by molar-refractivity contribution is 5.52. The summed E-state index contributed by atoms with van der Waals surface area (Å²) in [5.41, 5.74) is 0. The quantitative estimate of drug-likeness (QED) is 0.345. The molecule has 0 saturated heterocycles. The Labute approximate surface area is 101 Å². The molecule has 0 atom stereocenters. The fraction of sp³-hybridized carbons (Fsp3) is 0.667. The molecule has 0 amide bonds. The second-order valence-corrected chi connectivity index (χ2v) is 2.10. The first-order valence-electron chi connectivity index (χ1n) is 5.15. The van der Waals surface area contributed by atoms with Gasteiger partial charge < -0.3 is 9.98 Å². The van der Waals surface area contributed by atoms with E-state index in [0.717, 1.165) is 0 Å². The number of hydrogen-bond acceptors (Lipinski definition) is 4. The molecule has 0 N–H and O–H groups in total. The fourth-order valence-electron chi connectivity index (χ4n) is 0. The van der Waals surface area contributed by atoms with Gasteiger partial charge in [-0.25, -0.2) is 0 Å². The van der Waals surface area contributed by atoms with E-state index in [0.29, 0.717) is 0 Å². The van der Waals surface area contributed by atoms with Crippen molar-refractivity contribution in [3.05, 3.63) is 12.2 Å². The smallest absolute Gasteiger partial charge is 0.0487 e. The van der Waals surface area contributed by atoms with Crippen LogP contribution in [0.25, 0.3) is 0 Å². The molecule has 0 spiro atoms. The van der Waals surface area contributed by atoms with Gasteiger partial charge in [0, 0.05) is 28.2 Å². The van der Waals surface area contributed by atoms with Crippen molar-refractivity contribution in [1.82, 2.24) is 0 Å². The van der Waals surface area contributed by atoms with Crippen LogP contribution in [0.4, 0.5) is 0 Å². The third-order valence-corrected chi connectivity index (χ3v) is 1.05. The lowest BCUT2D eigenvalue weighted by atomic mass is 10.6. The van der Waals surface area contributed by atoms with Crippen LogP contribution in [0.2, 0.25) is 0 Å². The summed E-state index contributed by atoms with van der Waals surface area (Å²) >= 11 is 0. The molecule has 0 unspecified atom stereocenters. The molecule has 0 aliphatic rings. The highest BCUT2D eigenvalue weighted by atomic mass is 15.0. The van der Waals surface area contributed by atoms with E-state index in [2.05, 4.69) is 20.2 Å². The first-order valence-corrected chi connectivity index (χ1v) is 5.15. The van der Waals surface area contributed by atoms with Crippen LogP contribution in [0.5, 0.6) is 0 Å². The lowest BCUT2D eigenvalue weighted by Gasteiger charge is -1.54. The highest BCUT2D eigenvalue weighted by Crippen LogP contribution is 1.57. The largest absolute Gasteiger partial charge is 0.301 e. The Bertz CT molecular complexity index is 114. The SMILES string of the molecule is CC=CC.CC=NC.CC=NC.CN=NC. The van der Waals surface area contributed by atoms with Gasteiger partial charge in [-0.3, -0.25) is 0 Å². The lowest BCUT2D eigenvalue weighted by Crippen LogP contribution is -1.47. The Morgan fingerprint density at radius 2 is 0.750 bits per heavy atom. The highest BCUT2D eigenvalue weighted by Gasteiger charge is 1.34. The van der Waals surface area contributed by atoms with Gasteiger partial charge in [0.15, 0.2) is 0 Å². The summed E-state index contributed by atoms with van der Waals surface area (Å²) in [5, 5.41) is 6.72. The zero-order valence-electron chi connectivity index (χ0n) is 12.1. The summed E-state index contributed by atoms with van der Waals surface area (Å²) in [6.45, 7) is 7.78. The van der Waals surface area contributed by atoms with E-state index >= 15 is 0 Å². The summed E-state index contributed by atoms with van der Waals surface area (Å²) in [4.78, 5) is 7.22. The van der Waals surface area contributed by atoms with Crippen molar-refractivity contribution in [3.8, 4) is 0 Å². The number of hydrogen-bond donors (Lipinski definition) is 0. The topological polar surface area (TPSA) is 49.4 Å². The van der Waals surface area contributed by atoms with Crippen LogP contribution in [-0.4, -0.2) is 40.6 Å². The molecule has 0 aromatic carbocycles. The van der Waals surface area contributed by atoms with Gasteiger partial charge >= 0.3 is 0 Å². The van der Waals surface area contributed by atoms with Crippen LogP contribution in [0.1, 0.15) is 27.7 Å². The number of allylic oxidation sites excluding steroid dienone is 2. The molecule has 0 fully saturated rings. The first kappa shape index (κ1) is 24.1. The maximum Gasteiger partial charge on any atom is 0.0487 e. The maximum absolute atomic E-state index is 3.61. The van der Waals surface area contributed by atoms with Gasteiger partial charge in [0.25, 0.3) is 0 Å². The lowest BCUT2D eigenvalue weighted by molar-refractivity contribution is 1.11. The number of rotatable bonds is 0. The van der Waals surface area contributed by atoms with Crippen molar-refractivity contribution < 1.29 is 0 Å². The minimum atomic E-state index is 1.64. The van der Waals surface area contributed by atoms with Crippen LogP contribution in [-0.2, 0) is 0 Å². The van der Waals surface area contributed by atoms with Crippen molar-refractivity contribution in [3.63, 3.8) is 0 Å². The molecule has 0 aliphatic heterocycles. The fourth-order valence-corrected chi connectivity index (χ4v) is 0. The van der Waals surface area contributed by atoms with Crippen LogP contribution >= 0.6 is 0 Å². The van der Waals surface area contributed by atoms with Gasteiger partial charge in [0.1, 0.15) is 0 Å². The van der Waals surface area contributed by atoms with Gasteiger partial charge in [-0.2, -0.15) is 10.2 Å². The summed E-state index contributed by atoms with van der Waals surface area (Å²) in [7, 11) is 6.78. The summed E-state index contributed by atoms with van der Waals surface area (Å²) in [6, 6.07) is 0. The van der Waals surface area contributed by atoms with E-state index in [1.807, 2.05) is 39.8 Å². The third kappa shape index (κ3) is 241. The second-order valence-electron chi connectivity index (χ2n) is 2.10. The van der Waals surface area contributed by atoms with Crippen molar-refractivity contribution in [1.29, 1.82) is 0 Å². The average molecular weight is 228 g/mol. The molecule has 0 heterocycles. The Hall–Kier alpha value is -1.32. The normalized spacial score (nSPS) is 9.50. The van der Waals surface area contributed by atoms with Gasteiger partial charge in [0.05, 0.1) is 0 Å². The molecule has 0 bridgehead atoms. The van der Waals surface area contributed by atoms with E-state index < -0.39 is 0 Å². The third-order valence-electron chi connectivity index (χ3n) is 1.05. The van der Waals surface area contributed by atoms with E-state index in [1.165, 1.54) is 0 Å². The van der Waals surface area contributed by atoms with Crippen molar-refractivity contribution >= 4 is 12.4 Å². The van der Waals surface area contributed by atoms with Crippen molar-refractivity contribution in [2.75, 3.05) is 28.2 Å². The summed E-state index contributed by atoms with van der Waals surface area (Å²) < 4.78 is 0. The molecule has 0 rings (SSSR count). The monoisotopic (exact) mass is 228 g/mol. The van der Waals surface area contributed by atoms with Crippen molar-refractivity contribution in [2.45, 2.75) is 27.7 Å². The molecule has 0 saturated carbocycles. The molecule has 96 valence electrons. The molecule has 4 nitrogen and oxygen atoms in total. The standard InChI is InChI=1S/C4H8.2C3H7N.C2H6N2/c4*1-3-4-2/h3-4H,1-2H3;2*3H,1-2H3;1-2H3.